The van der Waals surface area contributed by atoms with Gasteiger partial charge in [-0.05, 0) is 42.7 Å². The van der Waals surface area contributed by atoms with Crippen molar-refractivity contribution in [3.05, 3.63) is 87.2 Å². The van der Waals surface area contributed by atoms with E-state index in [1.54, 1.807) is 18.3 Å². The van der Waals surface area contributed by atoms with Crippen molar-refractivity contribution in [2.24, 2.45) is 0 Å². The number of aromatic nitrogens is 2. The third-order valence-corrected chi connectivity index (χ3v) is 5.88. The minimum atomic E-state index is -0.461. The smallest absolute Gasteiger partial charge is 0.269 e. The first-order valence-corrected chi connectivity index (χ1v) is 10.3. The predicted octanol–water partition coefficient (Wildman–Crippen LogP) is 3.91. The highest BCUT2D eigenvalue weighted by Gasteiger charge is 2.35. The van der Waals surface area contributed by atoms with Crippen LogP contribution in [0.2, 0.25) is 5.02 Å². The lowest BCUT2D eigenvalue weighted by Crippen LogP contribution is -2.44. The number of halogens is 1. The van der Waals surface area contributed by atoms with Crippen LogP contribution in [-0.2, 0) is 10.2 Å². The summed E-state index contributed by atoms with van der Waals surface area (Å²) in [5, 5.41) is 18.7. The number of carbonyl (C=O) groups is 1. The molecule has 1 N–H and O–H groups in total. The van der Waals surface area contributed by atoms with Crippen molar-refractivity contribution in [2.75, 3.05) is 19.8 Å². The lowest BCUT2D eigenvalue weighted by atomic mass is 9.74. The van der Waals surface area contributed by atoms with E-state index in [1.807, 2.05) is 24.3 Å². The SMILES string of the molecule is O=C(NCC1(c2cccc(Cl)c2)CCOCC1)c1cnn(-c2ccc([N+](=O)[O-])cc2)c1. The second kappa shape index (κ2) is 8.87. The normalized spacial score (nSPS) is 15.4. The number of nitro benzene ring substituents is 1. The fourth-order valence-corrected chi connectivity index (χ4v) is 4.00. The fraction of sp³-hybridized carbons (Fsp3) is 0.273. The van der Waals surface area contributed by atoms with Crippen molar-refractivity contribution in [3.8, 4) is 5.69 Å². The van der Waals surface area contributed by atoms with Gasteiger partial charge in [-0.3, -0.25) is 14.9 Å². The van der Waals surface area contributed by atoms with Crippen LogP contribution in [0, 0.1) is 10.1 Å². The van der Waals surface area contributed by atoms with Gasteiger partial charge in [-0.25, -0.2) is 4.68 Å². The molecule has 2 heterocycles. The van der Waals surface area contributed by atoms with E-state index in [-0.39, 0.29) is 17.0 Å². The molecule has 1 amide bonds. The van der Waals surface area contributed by atoms with E-state index in [9.17, 15) is 14.9 Å². The maximum atomic E-state index is 12.8. The summed E-state index contributed by atoms with van der Waals surface area (Å²) in [5.41, 5.74) is 1.88. The summed E-state index contributed by atoms with van der Waals surface area (Å²) in [4.78, 5) is 23.2. The van der Waals surface area contributed by atoms with Crippen LogP contribution in [0.1, 0.15) is 28.8 Å². The Labute approximate surface area is 183 Å². The first-order valence-electron chi connectivity index (χ1n) is 9.88. The Morgan fingerprint density at radius 2 is 1.97 bits per heavy atom. The zero-order valence-corrected chi connectivity index (χ0v) is 17.4. The first-order chi connectivity index (χ1) is 15.0. The van der Waals surface area contributed by atoms with Gasteiger partial charge in [0.25, 0.3) is 11.6 Å². The number of non-ortho nitro benzene ring substituents is 1. The Morgan fingerprint density at radius 1 is 1.23 bits per heavy atom. The Morgan fingerprint density at radius 3 is 2.65 bits per heavy atom. The van der Waals surface area contributed by atoms with Crippen molar-refractivity contribution in [3.63, 3.8) is 0 Å². The quantitative estimate of drug-likeness (QED) is 0.462. The molecule has 0 spiro atoms. The van der Waals surface area contributed by atoms with E-state index in [0.29, 0.717) is 36.0 Å². The van der Waals surface area contributed by atoms with Crippen LogP contribution < -0.4 is 5.32 Å². The predicted molar refractivity (Wildman–Crippen MR) is 116 cm³/mol. The molecular formula is C22H21ClN4O4. The molecule has 2 aromatic carbocycles. The molecule has 1 aliphatic rings. The number of hydrogen-bond donors (Lipinski definition) is 1. The number of nitro groups is 1. The molecule has 8 nitrogen and oxygen atoms in total. The molecule has 31 heavy (non-hydrogen) atoms. The van der Waals surface area contributed by atoms with Crippen molar-refractivity contribution < 1.29 is 14.5 Å². The zero-order valence-electron chi connectivity index (χ0n) is 16.7. The lowest BCUT2D eigenvalue weighted by Gasteiger charge is -2.38. The third kappa shape index (κ3) is 4.60. The average molecular weight is 441 g/mol. The summed E-state index contributed by atoms with van der Waals surface area (Å²) < 4.78 is 7.06. The van der Waals surface area contributed by atoms with Crippen molar-refractivity contribution >= 4 is 23.2 Å². The summed E-state index contributed by atoms with van der Waals surface area (Å²) in [7, 11) is 0. The fourth-order valence-electron chi connectivity index (χ4n) is 3.81. The highest BCUT2D eigenvalue weighted by molar-refractivity contribution is 6.30. The van der Waals surface area contributed by atoms with Gasteiger partial charge in [0.2, 0.25) is 0 Å². The van der Waals surface area contributed by atoms with E-state index >= 15 is 0 Å². The van der Waals surface area contributed by atoms with E-state index in [1.165, 1.54) is 23.0 Å². The minimum absolute atomic E-state index is 0.00310. The highest BCUT2D eigenvalue weighted by Crippen LogP contribution is 2.35. The van der Waals surface area contributed by atoms with E-state index in [2.05, 4.69) is 10.4 Å². The molecule has 0 unspecified atom stereocenters. The van der Waals surface area contributed by atoms with Crippen LogP contribution in [-0.4, -0.2) is 40.4 Å². The number of carbonyl (C=O) groups excluding carboxylic acids is 1. The van der Waals surface area contributed by atoms with Crippen LogP contribution >= 0.6 is 11.6 Å². The topological polar surface area (TPSA) is 99.3 Å². The van der Waals surface area contributed by atoms with Gasteiger partial charge in [0, 0.05) is 48.5 Å². The summed E-state index contributed by atoms with van der Waals surface area (Å²) >= 11 is 6.21. The zero-order chi connectivity index (χ0) is 21.8. The molecule has 0 saturated carbocycles. The number of amides is 1. The Balaban J connectivity index is 1.48. The largest absolute Gasteiger partial charge is 0.381 e. The molecule has 1 aliphatic heterocycles. The van der Waals surface area contributed by atoms with Gasteiger partial charge >= 0.3 is 0 Å². The number of ether oxygens (including phenoxy) is 1. The number of hydrogen-bond acceptors (Lipinski definition) is 5. The molecule has 0 radical (unpaired) electrons. The van der Waals surface area contributed by atoms with Crippen LogP contribution in [0.5, 0.6) is 0 Å². The second-order valence-corrected chi connectivity index (χ2v) is 7.97. The van der Waals surface area contributed by atoms with Gasteiger partial charge in [-0.2, -0.15) is 5.10 Å². The third-order valence-electron chi connectivity index (χ3n) is 5.64. The van der Waals surface area contributed by atoms with Crippen molar-refractivity contribution in [1.29, 1.82) is 0 Å². The summed E-state index contributed by atoms with van der Waals surface area (Å²) in [6.45, 7) is 1.71. The molecule has 3 aromatic rings. The maximum Gasteiger partial charge on any atom is 0.269 e. The molecular weight excluding hydrogens is 420 g/mol. The van der Waals surface area contributed by atoms with Gasteiger partial charge in [0.1, 0.15) is 0 Å². The number of nitrogens with zero attached hydrogens (tertiary/aromatic N) is 3. The highest BCUT2D eigenvalue weighted by atomic mass is 35.5. The van der Waals surface area contributed by atoms with Gasteiger partial charge < -0.3 is 10.1 Å². The minimum Gasteiger partial charge on any atom is -0.381 e. The standard InChI is InChI=1S/C22H21ClN4O4/c23-18-3-1-2-17(12-18)22(8-10-31-11-9-22)15-24-21(28)16-13-25-26(14-16)19-4-6-20(7-5-19)27(29)30/h1-7,12-14H,8-11,15H2,(H,24,28). The number of nitrogens with one attached hydrogen (secondary N) is 1. The maximum absolute atomic E-state index is 12.8. The molecule has 160 valence electrons. The van der Waals surface area contributed by atoms with Crippen LogP contribution in [0.25, 0.3) is 5.69 Å². The van der Waals surface area contributed by atoms with E-state index < -0.39 is 4.92 Å². The molecule has 0 bridgehead atoms. The van der Waals surface area contributed by atoms with E-state index in [4.69, 9.17) is 16.3 Å². The van der Waals surface area contributed by atoms with Gasteiger partial charge in [-0.1, -0.05) is 23.7 Å². The second-order valence-electron chi connectivity index (χ2n) is 7.53. The van der Waals surface area contributed by atoms with Gasteiger partial charge in [0.05, 0.1) is 22.4 Å². The van der Waals surface area contributed by atoms with Crippen LogP contribution in [0.3, 0.4) is 0 Å². The molecule has 1 fully saturated rings. The molecule has 0 aliphatic carbocycles. The summed E-state index contributed by atoms with van der Waals surface area (Å²) in [6.07, 6.45) is 4.66. The molecule has 9 heteroatoms. The van der Waals surface area contributed by atoms with Gasteiger partial charge in [0.15, 0.2) is 0 Å². The lowest BCUT2D eigenvalue weighted by molar-refractivity contribution is -0.384. The average Bonchev–Trinajstić information content (AvgIpc) is 3.29. The number of benzene rings is 2. The van der Waals surface area contributed by atoms with Gasteiger partial charge in [-0.15, -0.1) is 0 Å². The Kier molecular flexibility index (Phi) is 6.01. The van der Waals surface area contributed by atoms with Crippen molar-refractivity contribution in [2.45, 2.75) is 18.3 Å². The summed E-state index contributed by atoms with van der Waals surface area (Å²) in [5.74, 6) is -0.235. The van der Waals surface area contributed by atoms with Crippen LogP contribution in [0.4, 0.5) is 5.69 Å². The first kappa shape index (κ1) is 21.0. The number of rotatable bonds is 6. The monoisotopic (exact) mass is 440 g/mol. The summed E-state index contributed by atoms with van der Waals surface area (Å²) in [6, 6.07) is 13.7. The Bertz CT molecular complexity index is 1090. The van der Waals surface area contributed by atoms with Crippen LogP contribution in [0.15, 0.2) is 60.9 Å². The van der Waals surface area contributed by atoms with Crippen molar-refractivity contribution in [1.82, 2.24) is 15.1 Å². The Hall–Kier alpha value is -3.23. The van der Waals surface area contributed by atoms with E-state index in [0.717, 1.165) is 18.4 Å². The molecule has 1 aromatic heterocycles. The molecule has 1 saturated heterocycles. The molecule has 4 rings (SSSR count). The molecule has 0 atom stereocenters.